The zero-order valence-corrected chi connectivity index (χ0v) is 14.7. The molecule has 1 spiro atoms. The molecular formula is C20H23N3O2. The van der Waals surface area contributed by atoms with Crippen molar-refractivity contribution in [2.45, 2.75) is 39.2 Å². The lowest BCUT2D eigenvalue weighted by Gasteiger charge is -2.54. The van der Waals surface area contributed by atoms with Crippen LogP contribution < -0.4 is 9.64 Å². The number of Topliss-reactive ketones (excluding diaryl/α,β-unsaturated/α-hetero) is 1. The zero-order valence-electron chi connectivity index (χ0n) is 14.7. The van der Waals surface area contributed by atoms with Crippen LogP contribution in [0, 0.1) is 5.41 Å². The molecule has 130 valence electrons. The van der Waals surface area contributed by atoms with Crippen LogP contribution in [0.3, 0.4) is 0 Å². The normalized spacial score (nSPS) is 18.2. The number of hydrogen-bond donors (Lipinski definition) is 0. The molecule has 1 aliphatic heterocycles. The summed E-state index contributed by atoms with van der Waals surface area (Å²) in [7, 11) is 0. The van der Waals surface area contributed by atoms with Gasteiger partial charge in [-0.15, -0.1) is 0 Å². The average molecular weight is 337 g/mol. The molecule has 25 heavy (non-hydrogen) atoms. The molecule has 0 bridgehead atoms. The second-order valence-corrected chi connectivity index (χ2v) is 7.61. The largest absolute Gasteiger partial charge is 0.487 e. The van der Waals surface area contributed by atoms with Crippen molar-refractivity contribution in [1.29, 1.82) is 0 Å². The molecule has 0 N–H and O–H groups in total. The number of ether oxygens (including phenoxy) is 1. The third-order valence-corrected chi connectivity index (χ3v) is 5.11. The van der Waals surface area contributed by atoms with Crippen molar-refractivity contribution in [1.82, 2.24) is 9.97 Å². The fourth-order valence-electron chi connectivity index (χ4n) is 3.64. The highest BCUT2D eigenvalue weighted by Gasteiger charge is 2.52. The summed E-state index contributed by atoms with van der Waals surface area (Å²) in [6.07, 6.45) is 3.22. The predicted molar refractivity (Wildman–Crippen MR) is 95.8 cm³/mol. The Morgan fingerprint density at radius 2 is 1.88 bits per heavy atom. The predicted octanol–water partition coefficient (Wildman–Crippen LogP) is 3.35. The fourth-order valence-corrected chi connectivity index (χ4v) is 3.64. The van der Waals surface area contributed by atoms with Crippen LogP contribution in [0.25, 0.3) is 0 Å². The molecule has 4 rings (SSSR count). The summed E-state index contributed by atoms with van der Waals surface area (Å²) in [6, 6.07) is 10.1. The van der Waals surface area contributed by atoms with E-state index in [1.165, 1.54) is 5.56 Å². The Kier molecular flexibility index (Phi) is 3.94. The molecule has 1 saturated carbocycles. The standard InChI is InChI=1S/C20H23N3O2/c1-14(2)15-3-5-18(6-4-15)25-11-16-7-8-21-19(22-16)23-12-20(13-23)9-17(24)10-20/h3-8,14H,9-13H2,1-2H3. The van der Waals surface area contributed by atoms with Gasteiger partial charge in [-0.3, -0.25) is 4.79 Å². The van der Waals surface area contributed by atoms with Crippen molar-refractivity contribution >= 4 is 11.7 Å². The van der Waals surface area contributed by atoms with Gasteiger partial charge >= 0.3 is 0 Å². The first-order chi connectivity index (χ1) is 12.0. The Hall–Kier alpha value is -2.43. The van der Waals surface area contributed by atoms with Gasteiger partial charge in [0.2, 0.25) is 5.95 Å². The van der Waals surface area contributed by atoms with Crippen LogP contribution in [-0.2, 0) is 11.4 Å². The van der Waals surface area contributed by atoms with Crippen LogP contribution in [0.1, 0.15) is 43.9 Å². The van der Waals surface area contributed by atoms with Crippen molar-refractivity contribution in [3.05, 3.63) is 47.8 Å². The Morgan fingerprint density at radius 3 is 2.52 bits per heavy atom. The first-order valence-electron chi connectivity index (χ1n) is 8.84. The van der Waals surface area contributed by atoms with Gasteiger partial charge in [0.25, 0.3) is 0 Å². The van der Waals surface area contributed by atoms with E-state index in [4.69, 9.17) is 4.74 Å². The van der Waals surface area contributed by atoms with Gasteiger partial charge in [0, 0.05) is 37.5 Å². The lowest BCUT2D eigenvalue weighted by Crippen LogP contribution is -2.63. The van der Waals surface area contributed by atoms with Crippen LogP contribution in [0.4, 0.5) is 5.95 Å². The van der Waals surface area contributed by atoms with E-state index in [9.17, 15) is 4.79 Å². The van der Waals surface area contributed by atoms with Crippen LogP contribution in [0.5, 0.6) is 5.75 Å². The molecule has 2 aromatic rings. The summed E-state index contributed by atoms with van der Waals surface area (Å²) in [4.78, 5) is 22.3. The van der Waals surface area contributed by atoms with Crippen LogP contribution >= 0.6 is 0 Å². The van der Waals surface area contributed by atoms with Crippen molar-refractivity contribution in [2.24, 2.45) is 5.41 Å². The molecule has 0 radical (unpaired) electrons. The number of benzene rings is 1. The van der Waals surface area contributed by atoms with E-state index >= 15 is 0 Å². The average Bonchev–Trinajstić information content (AvgIpc) is 2.55. The molecule has 0 atom stereocenters. The highest BCUT2D eigenvalue weighted by Crippen LogP contribution is 2.46. The molecule has 2 heterocycles. The molecule has 1 aromatic heterocycles. The maximum absolute atomic E-state index is 11.2. The van der Waals surface area contributed by atoms with Gasteiger partial charge < -0.3 is 9.64 Å². The number of aromatic nitrogens is 2. The molecular weight excluding hydrogens is 314 g/mol. The monoisotopic (exact) mass is 337 g/mol. The van der Waals surface area contributed by atoms with Gasteiger partial charge in [0.1, 0.15) is 18.1 Å². The second kappa shape index (κ2) is 6.14. The fraction of sp³-hybridized carbons (Fsp3) is 0.450. The third kappa shape index (κ3) is 3.23. The number of rotatable bonds is 5. The molecule has 0 amide bonds. The van der Waals surface area contributed by atoms with Crippen LogP contribution in [0.15, 0.2) is 36.5 Å². The molecule has 5 nitrogen and oxygen atoms in total. The number of nitrogens with zero attached hydrogens (tertiary/aromatic N) is 3. The summed E-state index contributed by atoms with van der Waals surface area (Å²) in [5.74, 6) is 2.48. The van der Waals surface area contributed by atoms with Gasteiger partial charge in [-0.25, -0.2) is 9.97 Å². The quantitative estimate of drug-likeness (QED) is 0.837. The maximum atomic E-state index is 11.2. The van der Waals surface area contributed by atoms with Gasteiger partial charge in [0.15, 0.2) is 0 Å². The Morgan fingerprint density at radius 1 is 1.16 bits per heavy atom. The van der Waals surface area contributed by atoms with Crippen LogP contribution in [-0.4, -0.2) is 28.8 Å². The SMILES string of the molecule is CC(C)c1ccc(OCc2ccnc(N3CC4(CC(=O)C4)C3)n2)cc1. The minimum absolute atomic E-state index is 0.213. The maximum Gasteiger partial charge on any atom is 0.225 e. The molecule has 0 unspecified atom stereocenters. The summed E-state index contributed by atoms with van der Waals surface area (Å²) in [6.45, 7) is 6.56. The van der Waals surface area contributed by atoms with Crippen molar-refractivity contribution in [2.75, 3.05) is 18.0 Å². The zero-order chi connectivity index (χ0) is 17.4. The highest BCUT2D eigenvalue weighted by molar-refractivity contribution is 5.87. The Balaban J connectivity index is 1.35. The van der Waals surface area contributed by atoms with Gasteiger partial charge in [0.05, 0.1) is 5.69 Å². The third-order valence-electron chi connectivity index (χ3n) is 5.11. The smallest absolute Gasteiger partial charge is 0.225 e. The van der Waals surface area contributed by atoms with E-state index in [0.717, 1.165) is 43.3 Å². The molecule has 1 aromatic carbocycles. The summed E-state index contributed by atoms with van der Waals surface area (Å²) in [5, 5.41) is 0. The molecule has 1 aliphatic carbocycles. The molecule has 5 heteroatoms. The molecule has 2 fully saturated rings. The minimum atomic E-state index is 0.213. The Labute approximate surface area is 148 Å². The van der Waals surface area contributed by atoms with Crippen LogP contribution in [0.2, 0.25) is 0 Å². The minimum Gasteiger partial charge on any atom is -0.487 e. The summed E-state index contributed by atoms with van der Waals surface area (Å²) >= 11 is 0. The van der Waals surface area contributed by atoms with Crippen molar-refractivity contribution < 1.29 is 9.53 Å². The van der Waals surface area contributed by atoms with Gasteiger partial charge in [-0.05, 0) is 29.7 Å². The summed E-state index contributed by atoms with van der Waals surface area (Å²) < 4.78 is 5.85. The second-order valence-electron chi connectivity index (χ2n) is 7.61. The van der Waals surface area contributed by atoms with Crippen molar-refractivity contribution in [3.63, 3.8) is 0 Å². The molecule has 1 saturated heterocycles. The number of carbonyl (C=O) groups excluding carboxylic acids is 1. The van der Waals surface area contributed by atoms with E-state index in [1.54, 1.807) is 6.20 Å². The van der Waals surface area contributed by atoms with Crippen molar-refractivity contribution in [3.8, 4) is 5.75 Å². The van der Waals surface area contributed by atoms with E-state index in [1.807, 2.05) is 18.2 Å². The van der Waals surface area contributed by atoms with Gasteiger partial charge in [-0.2, -0.15) is 0 Å². The topological polar surface area (TPSA) is 55.3 Å². The Bertz CT molecular complexity index is 770. The highest BCUT2D eigenvalue weighted by atomic mass is 16.5. The number of anilines is 1. The van der Waals surface area contributed by atoms with E-state index < -0.39 is 0 Å². The first-order valence-corrected chi connectivity index (χ1v) is 8.84. The number of ketones is 1. The lowest BCUT2D eigenvalue weighted by atomic mass is 9.63. The van der Waals surface area contributed by atoms with E-state index in [0.29, 0.717) is 18.3 Å². The first kappa shape index (κ1) is 16.1. The van der Waals surface area contributed by atoms with E-state index in [2.05, 4.69) is 40.8 Å². The van der Waals surface area contributed by atoms with Gasteiger partial charge in [-0.1, -0.05) is 26.0 Å². The van der Waals surface area contributed by atoms with E-state index in [-0.39, 0.29) is 5.41 Å². The summed E-state index contributed by atoms with van der Waals surface area (Å²) in [5.41, 5.74) is 2.38. The molecule has 2 aliphatic rings. The number of hydrogen-bond acceptors (Lipinski definition) is 5. The number of carbonyl (C=O) groups is 1. The lowest BCUT2D eigenvalue weighted by molar-refractivity contribution is -0.134.